The predicted octanol–water partition coefficient (Wildman–Crippen LogP) is 1.72. The summed E-state index contributed by atoms with van der Waals surface area (Å²) in [5.41, 5.74) is 1.38. The fourth-order valence-corrected chi connectivity index (χ4v) is 2.95. The van der Waals surface area contributed by atoms with Gasteiger partial charge in [-0.1, -0.05) is 6.92 Å². The van der Waals surface area contributed by atoms with E-state index in [9.17, 15) is 14.7 Å². The van der Waals surface area contributed by atoms with Crippen molar-refractivity contribution in [1.29, 1.82) is 0 Å². The fraction of sp³-hybridized carbons (Fsp3) is 0.667. The lowest BCUT2D eigenvalue weighted by atomic mass is 9.77. The number of amides is 1. The molecule has 1 amide bonds. The molecule has 1 fully saturated rings. The molecule has 21 heavy (non-hydrogen) atoms. The first-order valence-corrected chi connectivity index (χ1v) is 7.39. The predicted molar refractivity (Wildman–Crippen MR) is 77.9 cm³/mol. The van der Waals surface area contributed by atoms with Crippen molar-refractivity contribution in [1.82, 2.24) is 15.5 Å². The molecule has 0 atom stereocenters. The summed E-state index contributed by atoms with van der Waals surface area (Å²) in [5.74, 6) is -0.657. The Hall–Kier alpha value is -1.85. The first-order valence-electron chi connectivity index (χ1n) is 7.39. The van der Waals surface area contributed by atoms with E-state index in [0.29, 0.717) is 18.8 Å². The number of hydrogen-bond acceptors (Lipinski definition) is 3. The first-order chi connectivity index (χ1) is 9.84. The molecule has 1 aromatic rings. The third-order valence-corrected chi connectivity index (χ3v) is 4.53. The van der Waals surface area contributed by atoms with E-state index in [1.807, 2.05) is 13.8 Å². The van der Waals surface area contributed by atoms with Gasteiger partial charge in [-0.25, -0.2) is 4.79 Å². The molecule has 0 bridgehead atoms. The lowest BCUT2D eigenvalue weighted by Gasteiger charge is -2.36. The number of aliphatic carboxylic acids is 1. The van der Waals surface area contributed by atoms with Gasteiger partial charge >= 0.3 is 5.97 Å². The number of rotatable bonds is 4. The number of nitrogens with one attached hydrogen (secondary N) is 2. The Kier molecular flexibility index (Phi) is 4.34. The molecular formula is C15H23N3O3. The number of aryl methyl sites for hydroxylation is 2. The van der Waals surface area contributed by atoms with Crippen LogP contribution in [0.25, 0.3) is 0 Å². The van der Waals surface area contributed by atoms with Crippen LogP contribution >= 0.6 is 0 Å². The van der Waals surface area contributed by atoms with Gasteiger partial charge in [0.15, 0.2) is 0 Å². The van der Waals surface area contributed by atoms with Crippen molar-refractivity contribution < 1.29 is 14.7 Å². The van der Waals surface area contributed by atoms with Crippen LogP contribution in [-0.4, -0.2) is 32.7 Å². The van der Waals surface area contributed by atoms with E-state index >= 15 is 0 Å². The van der Waals surface area contributed by atoms with Gasteiger partial charge in [0.2, 0.25) is 5.91 Å². The van der Waals surface area contributed by atoms with Crippen molar-refractivity contribution in [3.05, 3.63) is 17.0 Å². The summed E-state index contributed by atoms with van der Waals surface area (Å²) in [6.45, 7) is 5.81. The molecule has 1 aliphatic rings. The number of carbonyl (C=O) groups excluding carboxylic acids is 1. The van der Waals surface area contributed by atoms with E-state index in [4.69, 9.17) is 0 Å². The fourth-order valence-electron chi connectivity index (χ4n) is 2.95. The maximum absolute atomic E-state index is 12.3. The van der Waals surface area contributed by atoms with Crippen molar-refractivity contribution in [2.24, 2.45) is 5.92 Å². The van der Waals surface area contributed by atoms with Crippen LogP contribution in [-0.2, 0) is 16.0 Å². The molecule has 2 rings (SSSR count). The maximum Gasteiger partial charge on any atom is 0.329 e. The van der Waals surface area contributed by atoms with Crippen LogP contribution in [0.3, 0.4) is 0 Å². The zero-order valence-electron chi connectivity index (χ0n) is 12.8. The third-order valence-electron chi connectivity index (χ3n) is 4.53. The zero-order chi connectivity index (χ0) is 15.6. The van der Waals surface area contributed by atoms with Crippen LogP contribution < -0.4 is 5.32 Å². The van der Waals surface area contributed by atoms with Crippen LogP contribution in [0.1, 0.15) is 49.6 Å². The van der Waals surface area contributed by atoms with Crippen molar-refractivity contribution >= 4 is 11.9 Å². The van der Waals surface area contributed by atoms with E-state index in [1.54, 1.807) is 0 Å². The summed E-state index contributed by atoms with van der Waals surface area (Å²) >= 11 is 0. The molecule has 1 aliphatic carbocycles. The molecule has 1 heterocycles. The molecule has 116 valence electrons. The number of carboxylic acid groups (broad SMARTS) is 1. The highest BCUT2D eigenvalue weighted by Crippen LogP contribution is 2.32. The van der Waals surface area contributed by atoms with Gasteiger partial charge in [0, 0.05) is 11.3 Å². The Balaban J connectivity index is 2.07. The molecule has 0 aromatic carbocycles. The topological polar surface area (TPSA) is 95.1 Å². The number of hydrogen-bond donors (Lipinski definition) is 3. The lowest BCUT2D eigenvalue weighted by molar-refractivity contribution is -0.149. The van der Waals surface area contributed by atoms with E-state index < -0.39 is 11.5 Å². The Morgan fingerprint density at radius 1 is 1.38 bits per heavy atom. The number of aromatic nitrogens is 2. The quantitative estimate of drug-likeness (QED) is 0.787. The molecule has 0 radical (unpaired) electrons. The molecule has 6 nitrogen and oxygen atoms in total. The molecule has 1 aromatic heterocycles. The third kappa shape index (κ3) is 3.25. The highest BCUT2D eigenvalue weighted by Gasteiger charge is 2.42. The van der Waals surface area contributed by atoms with Crippen molar-refractivity contribution in [2.75, 3.05) is 0 Å². The minimum Gasteiger partial charge on any atom is -0.480 e. The van der Waals surface area contributed by atoms with Gasteiger partial charge in [-0.2, -0.15) is 5.10 Å². The minimum absolute atomic E-state index is 0.165. The molecular weight excluding hydrogens is 270 g/mol. The average molecular weight is 293 g/mol. The van der Waals surface area contributed by atoms with E-state index in [1.165, 1.54) is 0 Å². The second-order valence-corrected chi connectivity index (χ2v) is 6.21. The van der Waals surface area contributed by atoms with Crippen LogP contribution in [0.5, 0.6) is 0 Å². The molecule has 0 unspecified atom stereocenters. The van der Waals surface area contributed by atoms with Gasteiger partial charge in [0.25, 0.3) is 0 Å². The van der Waals surface area contributed by atoms with E-state index in [0.717, 1.165) is 29.8 Å². The number of nitrogens with zero attached hydrogens (tertiary/aromatic N) is 1. The normalized spacial score (nSPS) is 25.6. The van der Waals surface area contributed by atoms with Crippen LogP contribution in [0.15, 0.2) is 0 Å². The summed E-state index contributed by atoms with van der Waals surface area (Å²) in [6.07, 6.45) is 2.82. The van der Waals surface area contributed by atoms with Crippen molar-refractivity contribution in [3.63, 3.8) is 0 Å². The van der Waals surface area contributed by atoms with Crippen LogP contribution in [0, 0.1) is 19.8 Å². The zero-order valence-corrected chi connectivity index (χ0v) is 12.8. The Morgan fingerprint density at radius 2 is 2.00 bits per heavy atom. The lowest BCUT2D eigenvalue weighted by Crippen LogP contribution is -2.56. The molecule has 6 heteroatoms. The number of carboxylic acids is 1. The average Bonchev–Trinajstić information content (AvgIpc) is 2.73. The van der Waals surface area contributed by atoms with Gasteiger partial charge in [0.1, 0.15) is 5.54 Å². The molecule has 0 aliphatic heterocycles. The number of carbonyl (C=O) groups is 2. The standard InChI is InChI=1S/C15H23N3O3/c1-9-4-6-15(7-5-9,14(20)21)16-13(19)8-12-10(2)17-18-11(12)3/h9H,4-8H2,1-3H3,(H,16,19)(H,17,18)(H,20,21). The summed E-state index contributed by atoms with van der Waals surface area (Å²) in [7, 11) is 0. The second kappa shape index (κ2) is 5.87. The second-order valence-electron chi connectivity index (χ2n) is 6.21. The van der Waals surface area contributed by atoms with Crippen molar-refractivity contribution in [3.8, 4) is 0 Å². The summed E-state index contributed by atoms with van der Waals surface area (Å²) < 4.78 is 0. The SMILES string of the molecule is Cc1n[nH]c(C)c1CC(=O)NC1(C(=O)O)CCC(C)CC1. The molecule has 1 saturated carbocycles. The van der Waals surface area contributed by atoms with Crippen LogP contribution in [0.4, 0.5) is 0 Å². The van der Waals surface area contributed by atoms with Gasteiger partial charge in [-0.05, 0) is 45.4 Å². The Labute approximate surface area is 124 Å². The monoisotopic (exact) mass is 293 g/mol. The van der Waals surface area contributed by atoms with E-state index in [2.05, 4.69) is 22.4 Å². The van der Waals surface area contributed by atoms with Crippen LogP contribution in [0.2, 0.25) is 0 Å². The minimum atomic E-state index is -1.10. The Bertz CT molecular complexity index is 523. The first kappa shape index (κ1) is 15.5. The maximum atomic E-state index is 12.3. The van der Waals surface area contributed by atoms with Gasteiger partial charge in [-0.15, -0.1) is 0 Å². The molecule has 0 spiro atoms. The summed E-state index contributed by atoms with van der Waals surface area (Å²) in [5, 5.41) is 19.2. The van der Waals surface area contributed by atoms with Crippen molar-refractivity contribution in [2.45, 2.75) is 58.4 Å². The highest BCUT2D eigenvalue weighted by atomic mass is 16.4. The van der Waals surface area contributed by atoms with Gasteiger partial charge in [0.05, 0.1) is 12.1 Å². The Morgan fingerprint density at radius 3 is 2.48 bits per heavy atom. The highest BCUT2D eigenvalue weighted by molar-refractivity contribution is 5.88. The molecule has 3 N–H and O–H groups in total. The van der Waals surface area contributed by atoms with Gasteiger partial charge in [-0.3, -0.25) is 9.89 Å². The van der Waals surface area contributed by atoms with E-state index in [-0.39, 0.29) is 12.3 Å². The summed E-state index contributed by atoms with van der Waals surface area (Å²) in [4.78, 5) is 23.9. The summed E-state index contributed by atoms with van der Waals surface area (Å²) in [6, 6.07) is 0. The number of H-pyrrole nitrogens is 1. The smallest absolute Gasteiger partial charge is 0.329 e. The van der Waals surface area contributed by atoms with Gasteiger partial charge < -0.3 is 10.4 Å². The number of aromatic amines is 1. The molecule has 0 saturated heterocycles. The largest absolute Gasteiger partial charge is 0.480 e.